The van der Waals surface area contributed by atoms with Crippen molar-refractivity contribution in [1.82, 2.24) is 0 Å². The minimum atomic E-state index is -0.951. The van der Waals surface area contributed by atoms with E-state index in [4.69, 9.17) is 0 Å². The molecular formula is C34H61NO3. The number of allylic oxidation sites excluding steroid dienone is 1. The summed E-state index contributed by atoms with van der Waals surface area (Å²) in [5, 5.41) is 20.2. The number of carbonyl (C=O) groups excluding carboxylic acids is 1. The van der Waals surface area contributed by atoms with Crippen LogP contribution in [0.4, 0.5) is 0 Å². The number of aliphatic hydroxyl groups excluding tert-OH is 1. The predicted molar refractivity (Wildman–Crippen MR) is 156 cm³/mol. The largest absolute Gasteiger partial charge is 0.550 e. The maximum absolute atomic E-state index is 10.2. The first-order chi connectivity index (χ1) is 17.7. The fraction of sp³-hybridized carbons (Fsp3) is 0.912. The quantitative estimate of drug-likeness (QED) is 0.269. The molecule has 0 amide bonds. The number of aliphatic hydroxyl groups is 1. The van der Waals surface area contributed by atoms with Crippen LogP contribution in [-0.2, 0) is 4.79 Å². The van der Waals surface area contributed by atoms with Crippen molar-refractivity contribution in [1.29, 1.82) is 0 Å². The Hall–Kier alpha value is -0.870. The third kappa shape index (κ3) is 7.45. The van der Waals surface area contributed by atoms with Gasteiger partial charge in [-0.2, -0.15) is 0 Å². The number of carboxylic acids is 1. The van der Waals surface area contributed by atoms with Gasteiger partial charge in [-0.05, 0) is 104 Å². The lowest BCUT2D eigenvalue weighted by molar-refractivity contribution is -0.870. The summed E-state index contributed by atoms with van der Waals surface area (Å²) in [6, 6.07) is 0. The van der Waals surface area contributed by atoms with Gasteiger partial charge in [0.05, 0.1) is 33.8 Å². The van der Waals surface area contributed by atoms with Gasteiger partial charge in [-0.25, -0.2) is 0 Å². The molecule has 0 aromatic heterocycles. The molecule has 0 aliphatic heterocycles. The van der Waals surface area contributed by atoms with Gasteiger partial charge in [0.15, 0.2) is 0 Å². The fourth-order valence-electron chi connectivity index (χ4n) is 9.36. The molecule has 4 nitrogen and oxygen atoms in total. The van der Waals surface area contributed by atoms with Gasteiger partial charge in [0.25, 0.3) is 0 Å². The number of hydrogen-bond donors (Lipinski definition) is 1. The first kappa shape index (κ1) is 31.7. The van der Waals surface area contributed by atoms with Crippen LogP contribution in [0.25, 0.3) is 0 Å². The zero-order chi connectivity index (χ0) is 28.3. The molecular weight excluding hydrogens is 470 g/mol. The average molecular weight is 532 g/mol. The van der Waals surface area contributed by atoms with E-state index in [1.54, 1.807) is 5.57 Å². The lowest BCUT2D eigenvalue weighted by Crippen LogP contribution is -2.50. The van der Waals surface area contributed by atoms with Crippen LogP contribution in [0.15, 0.2) is 11.6 Å². The van der Waals surface area contributed by atoms with Crippen LogP contribution in [0.2, 0.25) is 0 Å². The summed E-state index contributed by atoms with van der Waals surface area (Å²) in [7, 11) is 6.11. The van der Waals surface area contributed by atoms with E-state index in [0.29, 0.717) is 17.3 Å². The average Bonchev–Trinajstić information content (AvgIpc) is 3.16. The molecule has 4 unspecified atom stereocenters. The maximum Gasteiger partial charge on any atom is 0.0784 e. The van der Waals surface area contributed by atoms with E-state index in [1.165, 1.54) is 57.8 Å². The molecule has 0 bridgehead atoms. The number of carboxylic acid groups (broad SMARTS) is 1. The van der Waals surface area contributed by atoms with Gasteiger partial charge in [0, 0.05) is 12.4 Å². The highest BCUT2D eigenvalue weighted by molar-refractivity contribution is 5.64. The monoisotopic (exact) mass is 531 g/mol. The van der Waals surface area contributed by atoms with Crippen LogP contribution in [-0.4, -0.2) is 49.4 Å². The van der Waals surface area contributed by atoms with E-state index in [1.807, 2.05) is 21.1 Å². The first-order valence-electron chi connectivity index (χ1n) is 16.0. The van der Waals surface area contributed by atoms with Crippen molar-refractivity contribution in [2.75, 3.05) is 27.7 Å². The zero-order valence-corrected chi connectivity index (χ0v) is 26.2. The van der Waals surface area contributed by atoms with Gasteiger partial charge in [0.2, 0.25) is 0 Å². The number of quaternary nitrogens is 1. The maximum atomic E-state index is 10.2. The molecule has 0 saturated heterocycles. The lowest BCUT2D eigenvalue weighted by atomic mass is 9.47. The third-order valence-electron chi connectivity index (χ3n) is 11.5. The van der Waals surface area contributed by atoms with Crippen LogP contribution in [0.5, 0.6) is 0 Å². The number of hydrogen-bond acceptors (Lipinski definition) is 3. The molecule has 3 fully saturated rings. The standard InChI is InChI=1S/C27H46O.C7H15NO2/c1-18(2)7-6-8-19(3)23-11-12-24-22-10-9-20-17-21(28)13-15-26(20,4)25(22)14-16-27(23,24)5;1-8(2,3)6-4-5-7(9)10/h9,18-19,21-25,28H,6-8,10-17H2,1-5H3;4-6H2,1-3H3/t19-,21?,22?,23-,24?,25?,26+,27-;/m1./s1. The highest BCUT2D eigenvalue weighted by atomic mass is 16.4. The smallest absolute Gasteiger partial charge is 0.0784 e. The Kier molecular flexibility index (Phi) is 10.6. The SMILES string of the molecule is CC(C)CCC[C@@H](C)[C@H]1CCC2C3CC=C4CC(O)CC[C@]4(C)C3CC[C@@]21C.C[N+](C)(C)CCCC(=O)[O-]. The summed E-state index contributed by atoms with van der Waals surface area (Å²) in [6.45, 7) is 13.5. The Labute approximate surface area is 235 Å². The molecule has 4 rings (SSSR count). The molecule has 4 aliphatic rings. The minimum absolute atomic E-state index is 0.0766. The van der Waals surface area contributed by atoms with Crippen molar-refractivity contribution in [2.45, 2.75) is 124 Å². The van der Waals surface area contributed by atoms with Crippen LogP contribution >= 0.6 is 0 Å². The second kappa shape index (κ2) is 12.8. The zero-order valence-electron chi connectivity index (χ0n) is 26.2. The molecule has 0 radical (unpaired) electrons. The van der Waals surface area contributed by atoms with Crippen molar-refractivity contribution in [3.63, 3.8) is 0 Å². The number of rotatable bonds is 9. The van der Waals surface area contributed by atoms with E-state index in [0.717, 1.165) is 59.4 Å². The van der Waals surface area contributed by atoms with Crippen molar-refractivity contribution < 1.29 is 19.5 Å². The molecule has 1 N–H and O–H groups in total. The van der Waals surface area contributed by atoms with Gasteiger partial charge in [-0.3, -0.25) is 0 Å². The van der Waals surface area contributed by atoms with Gasteiger partial charge >= 0.3 is 0 Å². The summed E-state index contributed by atoms with van der Waals surface area (Å²) in [5.41, 5.74) is 2.60. The highest BCUT2D eigenvalue weighted by Crippen LogP contribution is 2.67. The molecule has 0 spiro atoms. The lowest BCUT2D eigenvalue weighted by Gasteiger charge is -2.58. The van der Waals surface area contributed by atoms with Crippen LogP contribution in [0.3, 0.4) is 0 Å². The number of nitrogens with zero attached hydrogens (tertiary/aromatic N) is 1. The molecule has 0 heterocycles. The van der Waals surface area contributed by atoms with E-state index in [9.17, 15) is 15.0 Å². The highest BCUT2D eigenvalue weighted by Gasteiger charge is 2.59. The Morgan fingerprint density at radius 3 is 2.37 bits per heavy atom. The van der Waals surface area contributed by atoms with E-state index >= 15 is 0 Å². The van der Waals surface area contributed by atoms with Crippen LogP contribution in [0.1, 0.15) is 118 Å². The van der Waals surface area contributed by atoms with Gasteiger partial charge in [-0.15, -0.1) is 0 Å². The molecule has 3 saturated carbocycles. The van der Waals surface area contributed by atoms with Crippen LogP contribution in [0, 0.1) is 46.3 Å². The second-order valence-corrected chi connectivity index (χ2v) is 15.7. The fourth-order valence-corrected chi connectivity index (χ4v) is 9.36. The Morgan fingerprint density at radius 1 is 1.03 bits per heavy atom. The molecule has 4 heteroatoms. The van der Waals surface area contributed by atoms with Crippen molar-refractivity contribution in [2.24, 2.45) is 46.3 Å². The van der Waals surface area contributed by atoms with E-state index in [-0.39, 0.29) is 12.5 Å². The number of aliphatic carboxylic acids is 1. The van der Waals surface area contributed by atoms with Gasteiger partial charge in [-0.1, -0.05) is 65.5 Å². The Balaban J connectivity index is 0.000000342. The predicted octanol–water partition coefficient (Wildman–Crippen LogP) is 6.61. The summed E-state index contributed by atoms with van der Waals surface area (Å²) < 4.78 is 0.813. The van der Waals surface area contributed by atoms with Crippen molar-refractivity contribution >= 4 is 5.97 Å². The second-order valence-electron chi connectivity index (χ2n) is 15.7. The molecule has 220 valence electrons. The molecule has 38 heavy (non-hydrogen) atoms. The first-order valence-corrected chi connectivity index (χ1v) is 16.0. The summed E-state index contributed by atoms with van der Waals surface area (Å²) in [5.74, 6) is 4.51. The molecule has 0 aromatic carbocycles. The summed E-state index contributed by atoms with van der Waals surface area (Å²) >= 11 is 0. The van der Waals surface area contributed by atoms with Gasteiger partial charge in [0.1, 0.15) is 0 Å². The van der Waals surface area contributed by atoms with Crippen molar-refractivity contribution in [3.05, 3.63) is 11.6 Å². The van der Waals surface area contributed by atoms with Gasteiger partial charge < -0.3 is 19.5 Å². The molecule has 8 atom stereocenters. The number of carbonyl (C=O) groups is 1. The summed E-state index contributed by atoms with van der Waals surface area (Å²) in [4.78, 5) is 9.97. The van der Waals surface area contributed by atoms with Crippen LogP contribution < -0.4 is 5.11 Å². The Morgan fingerprint density at radius 2 is 1.74 bits per heavy atom. The minimum Gasteiger partial charge on any atom is -0.550 e. The van der Waals surface area contributed by atoms with E-state index in [2.05, 4.69) is 40.7 Å². The number of fused-ring (bicyclic) bond motifs is 5. The third-order valence-corrected chi connectivity index (χ3v) is 11.5. The summed E-state index contributed by atoms with van der Waals surface area (Å²) in [6.07, 6.45) is 18.0. The molecule has 4 aliphatic carbocycles. The molecule has 0 aromatic rings. The van der Waals surface area contributed by atoms with Crippen molar-refractivity contribution in [3.8, 4) is 0 Å². The Bertz CT molecular complexity index is 813. The normalized spacial score (nSPS) is 37.3. The topological polar surface area (TPSA) is 60.4 Å². The van der Waals surface area contributed by atoms with E-state index < -0.39 is 5.97 Å².